The van der Waals surface area contributed by atoms with E-state index in [-0.39, 0.29) is 10.1 Å². The van der Waals surface area contributed by atoms with Gasteiger partial charge in [-0.25, -0.2) is 0 Å². The molecule has 10 heteroatoms. The minimum atomic E-state index is -0.887. The van der Waals surface area contributed by atoms with Gasteiger partial charge in [0.15, 0.2) is 11.2 Å². The lowest BCUT2D eigenvalue weighted by molar-refractivity contribution is -0.127. The molecule has 0 aliphatic rings. The summed E-state index contributed by atoms with van der Waals surface area (Å²) in [6.45, 7) is 3.86. The van der Waals surface area contributed by atoms with Crippen LogP contribution >= 0.6 is 35.4 Å². The van der Waals surface area contributed by atoms with Crippen molar-refractivity contribution in [1.82, 2.24) is 16.2 Å². The highest BCUT2D eigenvalue weighted by Crippen LogP contribution is 2.28. The summed E-state index contributed by atoms with van der Waals surface area (Å²) in [6.07, 6.45) is -0.887. The molecule has 0 saturated carbocycles. The van der Waals surface area contributed by atoms with Gasteiger partial charge in [-0.05, 0) is 62.5 Å². The van der Waals surface area contributed by atoms with Crippen molar-refractivity contribution in [3.8, 4) is 11.5 Å². The van der Waals surface area contributed by atoms with Gasteiger partial charge in [0.25, 0.3) is 11.8 Å². The lowest BCUT2D eigenvalue weighted by atomic mass is 10.2. The second kappa shape index (κ2) is 10.8. The summed E-state index contributed by atoms with van der Waals surface area (Å²) in [5, 5.41) is 3.11. The molecule has 2 aromatic rings. The van der Waals surface area contributed by atoms with Crippen molar-refractivity contribution in [3.63, 3.8) is 0 Å². The van der Waals surface area contributed by atoms with E-state index in [4.69, 9.17) is 44.9 Å². The van der Waals surface area contributed by atoms with Crippen LogP contribution in [0.2, 0.25) is 10.0 Å². The first kappa shape index (κ1) is 22.7. The van der Waals surface area contributed by atoms with E-state index in [2.05, 4.69) is 16.2 Å². The van der Waals surface area contributed by atoms with Gasteiger partial charge in [-0.3, -0.25) is 25.8 Å². The number of carbonyl (C=O) groups excluding carboxylic acids is 2. The van der Waals surface area contributed by atoms with Crippen molar-refractivity contribution in [2.45, 2.75) is 20.0 Å². The zero-order valence-corrected chi connectivity index (χ0v) is 18.0. The SMILES string of the molecule is CCOc1cccc(C(=O)NC(=S)NNC(=O)C(C)Oc2ccc(Cl)cc2Cl)c1. The zero-order chi connectivity index (χ0) is 21.4. The molecular formula is C19H19Cl2N3O4S. The minimum absolute atomic E-state index is 0.0816. The second-order valence-electron chi connectivity index (χ2n) is 5.69. The maximum atomic E-state index is 12.2. The van der Waals surface area contributed by atoms with Crippen LogP contribution in [-0.2, 0) is 4.79 Å². The number of thiocarbonyl (C=S) groups is 1. The number of hydrogen-bond donors (Lipinski definition) is 3. The van der Waals surface area contributed by atoms with Crippen molar-refractivity contribution >= 4 is 52.3 Å². The third-order valence-electron chi connectivity index (χ3n) is 3.50. The Kier molecular flexibility index (Phi) is 8.50. The fourth-order valence-electron chi connectivity index (χ4n) is 2.14. The molecule has 2 aromatic carbocycles. The Morgan fingerprint density at radius 2 is 1.90 bits per heavy atom. The van der Waals surface area contributed by atoms with Crippen molar-refractivity contribution in [1.29, 1.82) is 0 Å². The molecule has 0 bridgehead atoms. The van der Waals surface area contributed by atoms with Crippen molar-refractivity contribution in [2.24, 2.45) is 0 Å². The topological polar surface area (TPSA) is 88.7 Å². The van der Waals surface area contributed by atoms with Gasteiger partial charge in [-0.1, -0.05) is 29.3 Å². The van der Waals surface area contributed by atoms with Gasteiger partial charge >= 0.3 is 0 Å². The predicted octanol–water partition coefficient (Wildman–Crippen LogP) is 3.50. The van der Waals surface area contributed by atoms with Crippen molar-refractivity contribution in [2.75, 3.05) is 6.61 Å². The third kappa shape index (κ3) is 7.08. The summed E-state index contributed by atoms with van der Waals surface area (Å²) in [5.74, 6) is -0.0931. The lowest BCUT2D eigenvalue weighted by Crippen LogP contribution is -2.51. The number of ether oxygens (including phenoxy) is 2. The predicted molar refractivity (Wildman–Crippen MR) is 116 cm³/mol. The highest BCUT2D eigenvalue weighted by atomic mass is 35.5. The number of amides is 2. The van der Waals surface area contributed by atoms with Crippen LogP contribution in [0.1, 0.15) is 24.2 Å². The van der Waals surface area contributed by atoms with Crippen LogP contribution in [0.4, 0.5) is 0 Å². The van der Waals surface area contributed by atoms with Gasteiger partial charge in [0, 0.05) is 10.6 Å². The molecule has 7 nitrogen and oxygen atoms in total. The first-order valence-corrected chi connectivity index (χ1v) is 9.72. The van der Waals surface area contributed by atoms with Crippen LogP contribution in [0, 0.1) is 0 Å². The van der Waals surface area contributed by atoms with Crippen LogP contribution in [0.15, 0.2) is 42.5 Å². The molecule has 0 fully saturated rings. The molecule has 1 atom stereocenters. The first-order chi connectivity index (χ1) is 13.8. The molecule has 0 aliphatic carbocycles. The molecule has 0 radical (unpaired) electrons. The van der Waals surface area contributed by atoms with E-state index in [1.54, 1.807) is 36.4 Å². The molecule has 0 spiro atoms. The van der Waals surface area contributed by atoms with Crippen LogP contribution in [0.3, 0.4) is 0 Å². The Labute approximate surface area is 183 Å². The average molecular weight is 456 g/mol. The molecule has 29 heavy (non-hydrogen) atoms. The fraction of sp³-hybridized carbons (Fsp3) is 0.211. The summed E-state index contributed by atoms with van der Waals surface area (Å²) in [7, 11) is 0. The Morgan fingerprint density at radius 3 is 2.59 bits per heavy atom. The summed E-state index contributed by atoms with van der Waals surface area (Å²) < 4.78 is 10.8. The van der Waals surface area contributed by atoms with Gasteiger partial charge in [0.2, 0.25) is 0 Å². The Hall–Kier alpha value is -2.55. The summed E-state index contributed by atoms with van der Waals surface area (Å²) >= 11 is 16.9. The van der Waals surface area contributed by atoms with E-state index < -0.39 is 17.9 Å². The highest BCUT2D eigenvalue weighted by Gasteiger charge is 2.17. The van der Waals surface area contributed by atoms with E-state index >= 15 is 0 Å². The quantitative estimate of drug-likeness (QED) is 0.456. The number of hydrazine groups is 1. The molecule has 2 amide bonds. The lowest BCUT2D eigenvalue weighted by Gasteiger charge is -2.17. The molecule has 154 valence electrons. The normalized spacial score (nSPS) is 11.2. The van der Waals surface area contributed by atoms with E-state index in [0.29, 0.717) is 28.7 Å². The van der Waals surface area contributed by atoms with E-state index in [9.17, 15) is 9.59 Å². The number of hydrogen-bond acceptors (Lipinski definition) is 5. The van der Waals surface area contributed by atoms with Gasteiger partial charge in [-0.15, -0.1) is 0 Å². The molecule has 2 rings (SSSR count). The van der Waals surface area contributed by atoms with Crippen molar-refractivity contribution in [3.05, 3.63) is 58.1 Å². The Bertz CT molecular complexity index is 911. The summed E-state index contributed by atoms with van der Waals surface area (Å²) in [6, 6.07) is 11.3. The molecule has 0 aromatic heterocycles. The standard InChI is InChI=1S/C19H19Cl2N3O4S/c1-3-27-14-6-4-5-12(9-14)18(26)22-19(29)24-23-17(25)11(2)28-16-8-7-13(20)10-15(16)21/h4-11H,3H2,1-2H3,(H,23,25)(H2,22,24,26,29). The van der Waals surface area contributed by atoms with Gasteiger partial charge in [0.05, 0.1) is 11.6 Å². The first-order valence-electron chi connectivity index (χ1n) is 8.56. The van der Waals surface area contributed by atoms with Crippen LogP contribution in [0.5, 0.6) is 11.5 Å². The second-order valence-corrected chi connectivity index (χ2v) is 6.95. The third-order valence-corrected chi connectivity index (χ3v) is 4.24. The minimum Gasteiger partial charge on any atom is -0.494 e. The molecule has 3 N–H and O–H groups in total. The van der Waals surface area contributed by atoms with Crippen molar-refractivity contribution < 1.29 is 19.1 Å². The Balaban J connectivity index is 1.83. The summed E-state index contributed by atoms with van der Waals surface area (Å²) in [4.78, 5) is 24.4. The van der Waals surface area contributed by atoms with Gasteiger partial charge < -0.3 is 9.47 Å². The number of rotatable bonds is 6. The van der Waals surface area contributed by atoms with E-state index in [1.807, 2.05) is 6.92 Å². The molecule has 0 aliphatic heterocycles. The Morgan fingerprint density at radius 1 is 1.14 bits per heavy atom. The highest BCUT2D eigenvalue weighted by molar-refractivity contribution is 7.80. The van der Waals surface area contributed by atoms with Gasteiger partial charge in [-0.2, -0.15) is 0 Å². The van der Waals surface area contributed by atoms with E-state index in [1.165, 1.54) is 13.0 Å². The molecule has 0 saturated heterocycles. The smallest absolute Gasteiger partial charge is 0.279 e. The largest absolute Gasteiger partial charge is 0.494 e. The summed E-state index contributed by atoms with van der Waals surface area (Å²) in [5.41, 5.74) is 5.17. The van der Waals surface area contributed by atoms with Crippen LogP contribution in [0.25, 0.3) is 0 Å². The maximum Gasteiger partial charge on any atom is 0.279 e. The number of carbonyl (C=O) groups is 2. The number of halogens is 2. The van der Waals surface area contributed by atoms with Crippen LogP contribution in [-0.4, -0.2) is 29.6 Å². The molecule has 1 unspecified atom stereocenters. The van der Waals surface area contributed by atoms with Gasteiger partial charge in [0.1, 0.15) is 11.5 Å². The van der Waals surface area contributed by atoms with Crippen LogP contribution < -0.4 is 25.6 Å². The molecular weight excluding hydrogens is 437 g/mol. The number of nitrogens with one attached hydrogen (secondary N) is 3. The monoisotopic (exact) mass is 455 g/mol. The maximum absolute atomic E-state index is 12.2. The van der Waals surface area contributed by atoms with E-state index in [0.717, 1.165) is 0 Å². The molecule has 0 heterocycles. The fourth-order valence-corrected chi connectivity index (χ4v) is 2.73. The average Bonchev–Trinajstić information content (AvgIpc) is 2.68. The number of benzene rings is 2. The zero-order valence-electron chi connectivity index (χ0n) is 15.6.